The van der Waals surface area contributed by atoms with E-state index < -0.39 is 0 Å². The Balaban J connectivity index is 1.86. The molecule has 2 aromatic carbocycles. The number of ether oxygens (including phenoxy) is 2. The molecule has 2 atom stereocenters. The summed E-state index contributed by atoms with van der Waals surface area (Å²) in [5.74, 6) is 0.485. The second-order valence-electron chi connectivity index (χ2n) is 5.03. The molecule has 22 heavy (non-hydrogen) atoms. The number of hydrogen-bond donors (Lipinski definition) is 1. The predicted octanol–water partition coefficient (Wildman–Crippen LogP) is 2.98. The first-order valence-corrected chi connectivity index (χ1v) is 7.46. The van der Waals surface area contributed by atoms with Crippen LogP contribution >= 0.6 is 11.6 Å². The number of carbonyl (C=O) groups excluding carboxylic acids is 1. The summed E-state index contributed by atoms with van der Waals surface area (Å²) >= 11 is 6.18. The van der Waals surface area contributed by atoms with Gasteiger partial charge in [-0.25, -0.2) is 0 Å². The number of para-hydroxylation sites is 1. The molecule has 0 radical (unpaired) electrons. The van der Waals surface area contributed by atoms with Gasteiger partial charge in [-0.2, -0.15) is 0 Å². The molecule has 3 rings (SSSR count). The second kappa shape index (κ2) is 6.81. The van der Waals surface area contributed by atoms with Crippen molar-refractivity contribution in [3.05, 3.63) is 65.2 Å². The van der Waals surface area contributed by atoms with E-state index in [2.05, 4.69) is 5.32 Å². The lowest BCUT2D eigenvalue weighted by molar-refractivity contribution is -0.137. The highest BCUT2D eigenvalue weighted by atomic mass is 35.5. The van der Waals surface area contributed by atoms with E-state index in [1.54, 1.807) is 6.07 Å². The van der Waals surface area contributed by atoms with Crippen molar-refractivity contribution in [1.82, 2.24) is 5.32 Å². The van der Waals surface area contributed by atoms with Gasteiger partial charge in [0.25, 0.3) is 0 Å². The summed E-state index contributed by atoms with van der Waals surface area (Å²) < 4.78 is 11.7. The Morgan fingerprint density at radius 3 is 2.55 bits per heavy atom. The number of rotatable bonds is 4. The van der Waals surface area contributed by atoms with Crippen LogP contribution in [0.25, 0.3) is 0 Å². The molecule has 0 aromatic heterocycles. The Bertz CT molecular complexity index is 637. The van der Waals surface area contributed by atoms with Gasteiger partial charge in [0.2, 0.25) is 5.91 Å². The van der Waals surface area contributed by atoms with Gasteiger partial charge in [0.1, 0.15) is 18.5 Å². The molecule has 4 nitrogen and oxygen atoms in total. The van der Waals surface area contributed by atoms with E-state index in [4.69, 9.17) is 21.1 Å². The summed E-state index contributed by atoms with van der Waals surface area (Å²) in [7, 11) is 0. The van der Waals surface area contributed by atoms with E-state index >= 15 is 0 Å². The molecule has 114 valence electrons. The third-order valence-corrected chi connectivity index (χ3v) is 3.80. The topological polar surface area (TPSA) is 47.6 Å². The van der Waals surface area contributed by atoms with E-state index in [0.717, 1.165) is 5.56 Å². The first kappa shape index (κ1) is 14.9. The molecular formula is C17H16ClNO3. The molecule has 1 fully saturated rings. The first-order chi connectivity index (χ1) is 10.7. The van der Waals surface area contributed by atoms with Crippen molar-refractivity contribution in [1.29, 1.82) is 0 Å². The van der Waals surface area contributed by atoms with Gasteiger partial charge in [-0.05, 0) is 17.7 Å². The largest absolute Gasteiger partial charge is 0.481 e. The average Bonchev–Trinajstić information content (AvgIpc) is 2.56. The highest BCUT2D eigenvalue weighted by Crippen LogP contribution is 2.31. The molecule has 1 amide bonds. The SMILES string of the molecule is O=C1CO[C@@H]([C@@H](Oc2ccccc2Cl)c2ccccc2)CN1. The second-order valence-corrected chi connectivity index (χ2v) is 5.44. The molecule has 2 aromatic rings. The summed E-state index contributed by atoms with van der Waals surface area (Å²) in [5, 5.41) is 3.35. The number of nitrogens with one attached hydrogen (secondary N) is 1. The monoisotopic (exact) mass is 317 g/mol. The zero-order valence-corrected chi connectivity index (χ0v) is 12.6. The van der Waals surface area contributed by atoms with Gasteiger partial charge in [0.15, 0.2) is 6.10 Å². The molecule has 1 aliphatic heterocycles. The van der Waals surface area contributed by atoms with Crippen LogP contribution in [0.2, 0.25) is 5.02 Å². The summed E-state index contributed by atoms with van der Waals surface area (Å²) in [5.41, 5.74) is 0.976. The Morgan fingerprint density at radius 2 is 1.86 bits per heavy atom. The minimum absolute atomic E-state index is 0.0415. The van der Waals surface area contributed by atoms with E-state index in [0.29, 0.717) is 17.3 Å². The smallest absolute Gasteiger partial charge is 0.246 e. The van der Waals surface area contributed by atoms with Crippen LogP contribution in [0, 0.1) is 0 Å². The molecule has 0 bridgehead atoms. The standard InChI is InChI=1S/C17H16ClNO3/c18-13-8-4-5-9-14(13)22-17(12-6-2-1-3-7-12)15-10-19-16(20)11-21-15/h1-9,15,17H,10-11H2,(H,19,20)/t15-,17+/m1/s1. The minimum atomic E-state index is -0.346. The van der Waals surface area contributed by atoms with Gasteiger partial charge >= 0.3 is 0 Å². The van der Waals surface area contributed by atoms with Crippen LogP contribution in [0.1, 0.15) is 11.7 Å². The number of halogens is 1. The molecular weight excluding hydrogens is 302 g/mol. The van der Waals surface area contributed by atoms with E-state index in [1.165, 1.54) is 0 Å². The van der Waals surface area contributed by atoms with Gasteiger partial charge in [0, 0.05) is 6.54 Å². The fourth-order valence-corrected chi connectivity index (χ4v) is 2.56. The Hall–Kier alpha value is -2.04. The number of carbonyl (C=O) groups is 1. The summed E-state index contributed by atoms with van der Waals surface area (Å²) in [4.78, 5) is 11.3. The Kier molecular flexibility index (Phi) is 4.61. The maximum Gasteiger partial charge on any atom is 0.246 e. The Labute approximate surface area is 134 Å². The number of morpholine rings is 1. The quantitative estimate of drug-likeness (QED) is 0.943. The van der Waals surface area contributed by atoms with Crippen molar-refractivity contribution in [3.8, 4) is 5.75 Å². The molecule has 0 saturated carbocycles. The van der Waals surface area contributed by atoms with Gasteiger partial charge in [-0.1, -0.05) is 54.1 Å². The van der Waals surface area contributed by atoms with Gasteiger partial charge < -0.3 is 14.8 Å². The van der Waals surface area contributed by atoms with Crippen LogP contribution in [0.4, 0.5) is 0 Å². The van der Waals surface area contributed by atoms with E-state index in [9.17, 15) is 4.79 Å². The highest BCUT2D eigenvalue weighted by Gasteiger charge is 2.30. The van der Waals surface area contributed by atoms with Crippen molar-refractivity contribution in [2.45, 2.75) is 12.2 Å². The lowest BCUT2D eigenvalue weighted by Gasteiger charge is -2.31. The van der Waals surface area contributed by atoms with Gasteiger partial charge in [-0.15, -0.1) is 0 Å². The van der Waals surface area contributed by atoms with Crippen molar-refractivity contribution >= 4 is 17.5 Å². The highest BCUT2D eigenvalue weighted by molar-refractivity contribution is 6.32. The maximum atomic E-state index is 11.3. The van der Waals surface area contributed by atoms with Crippen LogP contribution in [-0.2, 0) is 9.53 Å². The van der Waals surface area contributed by atoms with Crippen LogP contribution in [0.15, 0.2) is 54.6 Å². The zero-order valence-electron chi connectivity index (χ0n) is 11.9. The summed E-state index contributed by atoms with van der Waals surface area (Å²) in [6, 6.07) is 17.1. The van der Waals surface area contributed by atoms with Gasteiger partial charge in [-0.3, -0.25) is 4.79 Å². The maximum absolute atomic E-state index is 11.3. The third-order valence-electron chi connectivity index (χ3n) is 3.49. The Morgan fingerprint density at radius 1 is 1.14 bits per heavy atom. The van der Waals surface area contributed by atoms with E-state index in [-0.39, 0.29) is 24.7 Å². The predicted molar refractivity (Wildman–Crippen MR) is 84.0 cm³/mol. The van der Waals surface area contributed by atoms with Crippen LogP contribution in [-0.4, -0.2) is 25.2 Å². The summed E-state index contributed by atoms with van der Waals surface area (Å²) in [6.07, 6.45) is -0.613. The minimum Gasteiger partial charge on any atom is -0.481 e. The molecule has 1 heterocycles. The first-order valence-electron chi connectivity index (χ1n) is 7.08. The molecule has 0 aliphatic carbocycles. The summed E-state index contributed by atoms with van der Waals surface area (Å²) in [6.45, 7) is 0.447. The zero-order chi connectivity index (χ0) is 15.4. The molecule has 1 aliphatic rings. The van der Waals surface area contributed by atoms with E-state index in [1.807, 2.05) is 48.5 Å². The normalized spacial score (nSPS) is 19.3. The lowest BCUT2D eigenvalue weighted by Crippen LogP contribution is -2.46. The molecule has 1 N–H and O–H groups in total. The fraction of sp³-hybridized carbons (Fsp3) is 0.235. The number of benzene rings is 2. The van der Waals surface area contributed by atoms with Crippen LogP contribution in [0.5, 0.6) is 5.75 Å². The lowest BCUT2D eigenvalue weighted by atomic mass is 10.0. The molecule has 5 heteroatoms. The van der Waals surface area contributed by atoms with Crippen molar-refractivity contribution in [2.75, 3.05) is 13.2 Å². The van der Waals surface area contributed by atoms with Crippen LogP contribution in [0.3, 0.4) is 0 Å². The fourth-order valence-electron chi connectivity index (χ4n) is 2.38. The van der Waals surface area contributed by atoms with Crippen molar-refractivity contribution in [3.63, 3.8) is 0 Å². The van der Waals surface area contributed by atoms with Gasteiger partial charge in [0.05, 0.1) is 5.02 Å². The molecule has 1 saturated heterocycles. The number of amides is 1. The average molecular weight is 318 g/mol. The molecule has 0 spiro atoms. The molecule has 0 unspecified atom stereocenters. The third kappa shape index (κ3) is 3.40. The van der Waals surface area contributed by atoms with Crippen molar-refractivity contribution in [2.24, 2.45) is 0 Å². The van der Waals surface area contributed by atoms with Crippen molar-refractivity contribution < 1.29 is 14.3 Å². The van der Waals surface area contributed by atoms with Crippen LogP contribution < -0.4 is 10.1 Å². The number of hydrogen-bond acceptors (Lipinski definition) is 3.